The van der Waals surface area contributed by atoms with E-state index in [1.54, 1.807) is 0 Å². The number of halogens is 1. The van der Waals surface area contributed by atoms with Gasteiger partial charge >= 0.3 is 5.97 Å². The molecule has 0 aromatic heterocycles. The Morgan fingerprint density at radius 1 is 1.20 bits per heavy atom. The predicted octanol–water partition coefficient (Wildman–Crippen LogP) is 4.14. The van der Waals surface area contributed by atoms with Crippen LogP contribution in [-0.4, -0.2) is 19.2 Å². The number of rotatable bonds is 4. The van der Waals surface area contributed by atoms with Gasteiger partial charge in [-0.1, -0.05) is 30.3 Å². The number of esters is 1. The van der Waals surface area contributed by atoms with E-state index >= 15 is 0 Å². The molecule has 0 amide bonds. The molecule has 4 heteroatoms. The van der Waals surface area contributed by atoms with Crippen molar-refractivity contribution in [1.82, 2.24) is 0 Å². The van der Waals surface area contributed by atoms with Gasteiger partial charge in [0.05, 0.1) is 13.2 Å². The first-order valence-electron chi connectivity index (χ1n) is 6.85. The van der Waals surface area contributed by atoms with E-state index < -0.39 is 5.97 Å². The maximum absolute atomic E-state index is 11.2. The van der Waals surface area contributed by atoms with Crippen LogP contribution in [0.25, 0.3) is 0 Å². The van der Waals surface area contributed by atoms with Crippen molar-refractivity contribution in [3.63, 3.8) is 0 Å². The quantitative estimate of drug-likeness (QED) is 0.470. The van der Waals surface area contributed by atoms with Crippen LogP contribution in [0.15, 0.2) is 41.1 Å². The van der Waals surface area contributed by atoms with Crippen LogP contribution in [0.4, 0.5) is 0 Å². The monoisotopic (exact) mass is 338 g/mol. The second-order valence-corrected chi connectivity index (χ2v) is 5.83. The molecule has 0 saturated heterocycles. The lowest BCUT2D eigenvalue weighted by atomic mass is 9.83. The Labute approximate surface area is 128 Å². The maximum atomic E-state index is 11.2. The van der Waals surface area contributed by atoms with Crippen LogP contribution < -0.4 is 0 Å². The Hall–Kier alpha value is -1.29. The zero-order valence-corrected chi connectivity index (χ0v) is 13.1. The fraction of sp³-hybridized carbons (Fsp3) is 0.438. The lowest BCUT2D eigenvalue weighted by Gasteiger charge is -2.28. The molecule has 0 heterocycles. The second-order valence-electron chi connectivity index (χ2n) is 4.98. The molecular weight excluding hydrogens is 320 g/mol. The standard InChI is InChI=1S/C16H19BrO3/c1-19-16(18)15(17)11-20-14-9-7-13(8-10-14)12-5-3-2-4-6-12/h2-6,11,13-14H,7-10H2,1H3/t13-,14+. The molecule has 0 bridgehead atoms. The van der Waals surface area contributed by atoms with Gasteiger partial charge in [-0.25, -0.2) is 4.79 Å². The average molecular weight is 339 g/mol. The molecule has 1 aromatic carbocycles. The smallest absolute Gasteiger partial charge is 0.348 e. The van der Waals surface area contributed by atoms with E-state index in [2.05, 4.69) is 44.9 Å². The normalized spacial score (nSPS) is 23.2. The van der Waals surface area contributed by atoms with Crippen LogP contribution in [0.2, 0.25) is 0 Å². The summed E-state index contributed by atoms with van der Waals surface area (Å²) in [7, 11) is 1.35. The molecule has 1 aliphatic carbocycles. The molecule has 0 aliphatic heterocycles. The Bertz CT molecular complexity index is 462. The zero-order chi connectivity index (χ0) is 14.4. The zero-order valence-electron chi connectivity index (χ0n) is 11.5. The summed E-state index contributed by atoms with van der Waals surface area (Å²) in [6.07, 6.45) is 5.91. The van der Waals surface area contributed by atoms with Crippen molar-refractivity contribution in [3.05, 3.63) is 46.6 Å². The summed E-state index contributed by atoms with van der Waals surface area (Å²) in [4.78, 5) is 11.2. The number of methoxy groups -OCH3 is 1. The van der Waals surface area contributed by atoms with Gasteiger partial charge in [-0.15, -0.1) is 0 Å². The van der Waals surface area contributed by atoms with Crippen molar-refractivity contribution in [2.24, 2.45) is 0 Å². The fourth-order valence-corrected chi connectivity index (χ4v) is 2.83. The minimum absolute atomic E-state index is 0.187. The number of benzene rings is 1. The molecular formula is C16H19BrO3. The van der Waals surface area contributed by atoms with Crippen LogP contribution >= 0.6 is 15.9 Å². The van der Waals surface area contributed by atoms with Crippen LogP contribution in [0.1, 0.15) is 37.2 Å². The van der Waals surface area contributed by atoms with Crippen molar-refractivity contribution in [3.8, 4) is 0 Å². The van der Waals surface area contributed by atoms with E-state index in [1.807, 2.05) is 6.07 Å². The molecule has 2 rings (SSSR count). The topological polar surface area (TPSA) is 35.5 Å². The van der Waals surface area contributed by atoms with Crippen molar-refractivity contribution < 1.29 is 14.3 Å². The Morgan fingerprint density at radius 3 is 2.45 bits per heavy atom. The predicted molar refractivity (Wildman–Crippen MR) is 81.6 cm³/mol. The SMILES string of the molecule is COC(=O)C(Br)=CO[C@H]1CC[C@@H](c2ccccc2)CC1. The van der Waals surface area contributed by atoms with E-state index in [9.17, 15) is 4.79 Å². The second kappa shape index (κ2) is 7.48. The molecule has 1 fully saturated rings. The highest BCUT2D eigenvalue weighted by Gasteiger charge is 2.22. The number of carbonyl (C=O) groups excluding carboxylic acids is 1. The molecule has 0 N–H and O–H groups in total. The lowest BCUT2D eigenvalue weighted by Crippen LogP contribution is -2.19. The van der Waals surface area contributed by atoms with E-state index in [4.69, 9.17) is 4.74 Å². The van der Waals surface area contributed by atoms with Crippen LogP contribution in [0, 0.1) is 0 Å². The van der Waals surface area contributed by atoms with Crippen molar-refractivity contribution in [2.75, 3.05) is 7.11 Å². The molecule has 0 radical (unpaired) electrons. The van der Waals surface area contributed by atoms with Crippen LogP contribution in [0.5, 0.6) is 0 Å². The van der Waals surface area contributed by atoms with Gasteiger partial charge in [0.25, 0.3) is 0 Å². The van der Waals surface area contributed by atoms with E-state index in [0.717, 1.165) is 25.7 Å². The Balaban J connectivity index is 1.82. The Kier molecular flexibility index (Phi) is 5.65. The molecule has 0 spiro atoms. The van der Waals surface area contributed by atoms with Gasteiger partial charge in [0.1, 0.15) is 10.7 Å². The van der Waals surface area contributed by atoms with Gasteiger partial charge in [-0.3, -0.25) is 0 Å². The molecule has 108 valence electrons. The first-order chi connectivity index (χ1) is 9.70. The van der Waals surface area contributed by atoms with E-state index in [0.29, 0.717) is 10.4 Å². The van der Waals surface area contributed by atoms with Crippen molar-refractivity contribution >= 4 is 21.9 Å². The highest BCUT2D eigenvalue weighted by Crippen LogP contribution is 2.34. The number of ether oxygens (including phenoxy) is 2. The van der Waals surface area contributed by atoms with Gasteiger partial charge in [0.2, 0.25) is 0 Å². The van der Waals surface area contributed by atoms with Gasteiger partial charge in [0, 0.05) is 0 Å². The first-order valence-corrected chi connectivity index (χ1v) is 7.64. The summed E-state index contributed by atoms with van der Waals surface area (Å²) >= 11 is 3.14. The minimum atomic E-state index is -0.414. The molecule has 1 saturated carbocycles. The first kappa shape index (κ1) is 15.1. The highest BCUT2D eigenvalue weighted by atomic mass is 79.9. The average Bonchev–Trinajstić information content (AvgIpc) is 2.53. The van der Waals surface area contributed by atoms with Gasteiger partial charge in [-0.2, -0.15) is 0 Å². The van der Waals surface area contributed by atoms with Crippen molar-refractivity contribution in [2.45, 2.75) is 37.7 Å². The summed E-state index contributed by atoms with van der Waals surface area (Å²) in [5.74, 6) is 0.215. The molecule has 20 heavy (non-hydrogen) atoms. The van der Waals surface area contributed by atoms with Gasteiger partial charge in [-0.05, 0) is 53.1 Å². The number of hydrogen-bond acceptors (Lipinski definition) is 3. The molecule has 1 aliphatic rings. The Morgan fingerprint density at radius 2 is 1.85 bits per heavy atom. The summed E-state index contributed by atoms with van der Waals surface area (Å²) in [6, 6.07) is 10.6. The summed E-state index contributed by atoms with van der Waals surface area (Å²) < 4.78 is 10.6. The third-order valence-corrected chi connectivity index (χ3v) is 4.20. The molecule has 3 nitrogen and oxygen atoms in total. The summed E-state index contributed by atoms with van der Waals surface area (Å²) in [5.41, 5.74) is 1.41. The van der Waals surface area contributed by atoms with Crippen LogP contribution in [0.3, 0.4) is 0 Å². The third kappa shape index (κ3) is 4.10. The molecule has 1 aromatic rings. The largest absolute Gasteiger partial charge is 0.497 e. The summed E-state index contributed by atoms with van der Waals surface area (Å²) in [5, 5.41) is 0. The maximum Gasteiger partial charge on any atom is 0.348 e. The molecule has 0 atom stereocenters. The third-order valence-electron chi connectivity index (χ3n) is 3.69. The summed E-state index contributed by atoms with van der Waals surface area (Å²) in [6.45, 7) is 0. The number of carbonyl (C=O) groups is 1. The van der Waals surface area contributed by atoms with Gasteiger partial charge < -0.3 is 9.47 Å². The highest BCUT2D eigenvalue weighted by molar-refractivity contribution is 9.12. The molecule has 0 unspecified atom stereocenters. The fourth-order valence-electron chi connectivity index (χ4n) is 2.56. The van der Waals surface area contributed by atoms with Gasteiger partial charge in [0.15, 0.2) is 0 Å². The van der Waals surface area contributed by atoms with E-state index in [-0.39, 0.29) is 6.10 Å². The number of hydrogen-bond donors (Lipinski definition) is 0. The lowest BCUT2D eigenvalue weighted by molar-refractivity contribution is -0.135. The van der Waals surface area contributed by atoms with Crippen LogP contribution in [-0.2, 0) is 14.3 Å². The van der Waals surface area contributed by atoms with E-state index in [1.165, 1.54) is 18.9 Å². The minimum Gasteiger partial charge on any atom is -0.497 e. The van der Waals surface area contributed by atoms with Crippen molar-refractivity contribution in [1.29, 1.82) is 0 Å².